The van der Waals surface area contributed by atoms with Gasteiger partial charge >= 0.3 is 0 Å². The van der Waals surface area contributed by atoms with Gasteiger partial charge in [0.25, 0.3) is 10.2 Å². The number of H-pyrrole nitrogens is 1. The molecule has 7 heteroatoms. The Morgan fingerprint density at radius 3 is 3.04 bits per heavy atom. The maximum absolute atomic E-state index is 12.5. The standard InChI is InChI=1S/C17H25N3O3S/c1-13-5-3-7-16-14(11-18-17(13)16)8-9-19-24(21,22)20-10-4-6-15(20)12-23-2/h3,5,7,11,15,18-19H,4,6,8-10,12H2,1-2H3. The van der Waals surface area contributed by atoms with Crippen LogP contribution in [0.2, 0.25) is 0 Å². The number of ether oxygens (including phenoxy) is 1. The second-order valence-corrected chi connectivity index (χ2v) is 8.03. The summed E-state index contributed by atoms with van der Waals surface area (Å²) in [5, 5.41) is 1.16. The molecule has 0 saturated carbocycles. The number of benzene rings is 1. The molecule has 1 fully saturated rings. The van der Waals surface area contributed by atoms with Crippen LogP contribution in [0.1, 0.15) is 24.0 Å². The van der Waals surface area contributed by atoms with Gasteiger partial charge in [-0.25, -0.2) is 4.72 Å². The summed E-state index contributed by atoms with van der Waals surface area (Å²) < 4.78 is 34.4. The van der Waals surface area contributed by atoms with Crippen molar-refractivity contribution >= 4 is 21.1 Å². The lowest BCUT2D eigenvalue weighted by Gasteiger charge is -2.23. The van der Waals surface area contributed by atoms with Gasteiger partial charge in [0, 0.05) is 43.3 Å². The van der Waals surface area contributed by atoms with Crippen molar-refractivity contribution < 1.29 is 13.2 Å². The highest BCUT2D eigenvalue weighted by molar-refractivity contribution is 7.87. The van der Waals surface area contributed by atoms with Gasteiger partial charge in [0.05, 0.1) is 6.61 Å². The Balaban J connectivity index is 1.63. The molecular formula is C17H25N3O3S. The van der Waals surface area contributed by atoms with Crippen LogP contribution in [0.4, 0.5) is 0 Å². The van der Waals surface area contributed by atoms with Crippen LogP contribution in [0.3, 0.4) is 0 Å². The molecule has 0 radical (unpaired) electrons. The zero-order chi connectivity index (χ0) is 17.2. The number of hydrogen-bond acceptors (Lipinski definition) is 3. The number of methoxy groups -OCH3 is 1. The molecule has 2 heterocycles. The minimum absolute atomic E-state index is 0.0526. The van der Waals surface area contributed by atoms with Gasteiger partial charge in [-0.3, -0.25) is 0 Å². The largest absolute Gasteiger partial charge is 0.383 e. The molecule has 1 aromatic carbocycles. The first-order valence-corrected chi connectivity index (χ1v) is 9.78. The molecular weight excluding hydrogens is 326 g/mol. The summed E-state index contributed by atoms with van der Waals surface area (Å²) >= 11 is 0. The molecule has 132 valence electrons. The second-order valence-electron chi connectivity index (χ2n) is 6.32. The predicted molar refractivity (Wildman–Crippen MR) is 95.3 cm³/mol. The average Bonchev–Trinajstić information content (AvgIpc) is 3.16. The Morgan fingerprint density at radius 1 is 1.42 bits per heavy atom. The molecule has 3 rings (SSSR count). The summed E-state index contributed by atoms with van der Waals surface area (Å²) in [6.45, 7) is 3.46. The van der Waals surface area contributed by atoms with Crippen molar-refractivity contribution in [3.8, 4) is 0 Å². The fraction of sp³-hybridized carbons (Fsp3) is 0.529. The van der Waals surface area contributed by atoms with E-state index < -0.39 is 10.2 Å². The number of nitrogens with zero attached hydrogens (tertiary/aromatic N) is 1. The second kappa shape index (κ2) is 7.23. The number of fused-ring (bicyclic) bond motifs is 1. The summed E-state index contributed by atoms with van der Waals surface area (Å²) in [7, 11) is -1.85. The highest BCUT2D eigenvalue weighted by Gasteiger charge is 2.33. The van der Waals surface area contributed by atoms with Crippen molar-refractivity contribution in [2.45, 2.75) is 32.2 Å². The molecule has 0 bridgehead atoms. The monoisotopic (exact) mass is 351 g/mol. The van der Waals surface area contributed by atoms with Crippen LogP contribution in [0.5, 0.6) is 0 Å². The maximum Gasteiger partial charge on any atom is 0.279 e. The molecule has 0 aliphatic carbocycles. The first-order valence-electron chi connectivity index (χ1n) is 8.34. The topological polar surface area (TPSA) is 74.4 Å². The van der Waals surface area contributed by atoms with E-state index in [1.165, 1.54) is 9.87 Å². The minimum atomic E-state index is -3.45. The van der Waals surface area contributed by atoms with E-state index in [0.717, 1.165) is 29.3 Å². The van der Waals surface area contributed by atoms with Crippen molar-refractivity contribution in [2.75, 3.05) is 26.8 Å². The molecule has 1 atom stereocenters. The molecule has 1 aliphatic heterocycles. The zero-order valence-electron chi connectivity index (χ0n) is 14.2. The Morgan fingerprint density at radius 2 is 2.25 bits per heavy atom. The van der Waals surface area contributed by atoms with Gasteiger partial charge in [0.1, 0.15) is 0 Å². The van der Waals surface area contributed by atoms with Crippen LogP contribution in [0.25, 0.3) is 10.9 Å². The SMILES string of the molecule is COCC1CCCN1S(=O)(=O)NCCc1c[nH]c2c(C)cccc12. The quantitative estimate of drug-likeness (QED) is 0.801. The predicted octanol–water partition coefficient (Wildman–Crippen LogP) is 1.96. The van der Waals surface area contributed by atoms with Gasteiger partial charge < -0.3 is 9.72 Å². The van der Waals surface area contributed by atoms with Crippen molar-refractivity contribution in [3.63, 3.8) is 0 Å². The molecule has 0 spiro atoms. The molecule has 1 aromatic heterocycles. The Hall–Kier alpha value is -1.41. The first kappa shape index (κ1) is 17.4. The van der Waals surface area contributed by atoms with E-state index in [1.54, 1.807) is 7.11 Å². The van der Waals surface area contributed by atoms with Crippen LogP contribution < -0.4 is 4.72 Å². The Labute approximate surface area is 143 Å². The van der Waals surface area contributed by atoms with Gasteiger partial charge in [-0.2, -0.15) is 12.7 Å². The van der Waals surface area contributed by atoms with Crippen LogP contribution in [0.15, 0.2) is 24.4 Å². The minimum Gasteiger partial charge on any atom is -0.383 e. The normalized spacial score (nSPS) is 19.3. The number of aromatic nitrogens is 1. The van der Waals surface area contributed by atoms with Gasteiger partial charge in [-0.15, -0.1) is 0 Å². The van der Waals surface area contributed by atoms with E-state index in [2.05, 4.69) is 28.8 Å². The number of para-hydroxylation sites is 1. The molecule has 24 heavy (non-hydrogen) atoms. The fourth-order valence-corrected chi connectivity index (χ4v) is 4.91. The van der Waals surface area contributed by atoms with Crippen molar-refractivity contribution in [1.82, 2.24) is 14.0 Å². The maximum atomic E-state index is 12.5. The van der Waals surface area contributed by atoms with E-state index in [-0.39, 0.29) is 6.04 Å². The zero-order valence-corrected chi connectivity index (χ0v) is 15.0. The van der Waals surface area contributed by atoms with Crippen LogP contribution in [-0.4, -0.2) is 50.6 Å². The van der Waals surface area contributed by atoms with Crippen molar-refractivity contribution in [2.24, 2.45) is 0 Å². The third-order valence-corrected chi connectivity index (χ3v) is 6.35. The lowest BCUT2D eigenvalue weighted by atomic mass is 10.1. The molecule has 1 aliphatic rings. The van der Waals surface area contributed by atoms with Gasteiger partial charge in [0.2, 0.25) is 0 Å². The van der Waals surface area contributed by atoms with Gasteiger partial charge in [0.15, 0.2) is 0 Å². The van der Waals surface area contributed by atoms with Gasteiger partial charge in [-0.05, 0) is 37.3 Å². The van der Waals surface area contributed by atoms with E-state index in [0.29, 0.717) is 26.1 Å². The molecule has 1 saturated heterocycles. The van der Waals surface area contributed by atoms with E-state index >= 15 is 0 Å². The third-order valence-electron chi connectivity index (χ3n) is 4.68. The van der Waals surface area contributed by atoms with Crippen molar-refractivity contribution in [1.29, 1.82) is 0 Å². The number of hydrogen-bond donors (Lipinski definition) is 2. The summed E-state index contributed by atoms with van der Waals surface area (Å²) in [6, 6.07) is 6.11. The molecule has 1 unspecified atom stereocenters. The Bertz CT molecular complexity index is 801. The number of aryl methyl sites for hydroxylation is 1. The molecule has 2 aromatic rings. The van der Waals surface area contributed by atoms with Crippen LogP contribution >= 0.6 is 0 Å². The highest BCUT2D eigenvalue weighted by Crippen LogP contribution is 2.22. The lowest BCUT2D eigenvalue weighted by Crippen LogP contribution is -2.45. The summed E-state index contributed by atoms with van der Waals surface area (Å²) in [5.74, 6) is 0. The van der Waals surface area contributed by atoms with Crippen LogP contribution in [-0.2, 0) is 21.4 Å². The van der Waals surface area contributed by atoms with Crippen molar-refractivity contribution in [3.05, 3.63) is 35.5 Å². The van der Waals surface area contributed by atoms with E-state index in [4.69, 9.17) is 4.74 Å². The highest BCUT2D eigenvalue weighted by atomic mass is 32.2. The summed E-state index contributed by atoms with van der Waals surface area (Å²) in [6.07, 6.45) is 4.37. The van der Waals surface area contributed by atoms with E-state index in [1.807, 2.05) is 12.3 Å². The number of nitrogens with one attached hydrogen (secondary N) is 2. The third kappa shape index (κ3) is 3.49. The summed E-state index contributed by atoms with van der Waals surface area (Å²) in [5.41, 5.74) is 3.44. The number of rotatable bonds is 7. The molecule has 6 nitrogen and oxygen atoms in total. The summed E-state index contributed by atoms with van der Waals surface area (Å²) in [4.78, 5) is 3.28. The van der Waals surface area contributed by atoms with Gasteiger partial charge in [-0.1, -0.05) is 18.2 Å². The molecule has 0 amide bonds. The fourth-order valence-electron chi connectivity index (χ4n) is 3.45. The first-order chi connectivity index (χ1) is 11.5. The average molecular weight is 351 g/mol. The number of aromatic amines is 1. The lowest BCUT2D eigenvalue weighted by molar-refractivity contribution is 0.148. The van der Waals surface area contributed by atoms with E-state index in [9.17, 15) is 8.42 Å². The smallest absolute Gasteiger partial charge is 0.279 e. The molecule has 2 N–H and O–H groups in total. The Kier molecular flexibility index (Phi) is 5.24. The van der Waals surface area contributed by atoms with Crippen LogP contribution in [0, 0.1) is 6.92 Å².